The number of nitrogens with zero attached hydrogens (tertiary/aromatic N) is 1. The van der Waals surface area contributed by atoms with Gasteiger partial charge in [-0.3, -0.25) is 0 Å². The second-order valence-corrected chi connectivity index (χ2v) is 15.9. The molecule has 0 spiro atoms. The Morgan fingerprint density at radius 3 is 2.25 bits per heavy atom. The molecule has 3 aliphatic rings. The fraction of sp³-hybridized carbons (Fsp3) is 0.127. The maximum Gasteiger partial charge on any atom is 0.135 e. The molecule has 2 heteroatoms. The highest BCUT2D eigenvalue weighted by atomic mass is 16.3. The first-order chi connectivity index (χ1) is 28.2. The fourth-order valence-corrected chi connectivity index (χ4v) is 9.77. The van der Waals surface area contributed by atoms with Crippen molar-refractivity contribution in [2.24, 2.45) is 0 Å². The van der Waals surface area contributed by atoms with Crippen molar-refractivity contribution in [3.63, 3.8) is 0 Å². The lowest BCUT2D eigenvalue weighted by atomic mass is 9.80. The average molecular weight is 734 g/mol. The third-order valence-corrected chi connectivity index (χ3v) is 12.7. The van der Waals surface area contributed by atoms with Crippen molar-refractivity contribution in [3.8, 4) is 11.1 Å². The van der Waals surface area contributed by atoms with E-state index in [1.807, 2.05) is 0 Å². The highest BCUT2D eigenvalue weighted by Gasteiger charge is 2.37. The van der Waals surface area contributed by atoms with Gasteiger partial charge in [0, 0.05) is 39.9 Å². The third kappa shape index (κ3) is 6.04. The summed E-state index contributed by atoms with van der Waals surface area (Å²) in [4.78, 5) is 2.50. The molecule has 1 aliphatic heterocycles. The van der Waals surface area contributed by atoms with Crippen molar-refractivity contribution < 1.29 is 4.42 Å². The first kappa shape index (κ1) is 33.7. The Kier molecular flexibility index (Phi) is 8.35. The molecule has 2 aliphatic carbocycles. The Bertz CT molecular complexity index is 2900. The normalized spacial score (nSPS) is 18.9. The largest absolute Gasteiger partial charge is 0.456 e. The number of allylic oxidation sites excluding steroid dienone is 6. The van der Waals surface area contributed by atoms with Crippen LogP contribution in [0.3, 0.4) is 0 Å². The van der Waals surface area contributed by atoms with E-state index in [0.29, 0.717) is 17.9 Å². The van der Waals surface area contributed by atoms with Crippen LogP contribution < -0.4 is 4.90 Å². The summed E-state index contributed by atoms with van der Waals surface area (Å²) in [6.07, 6.45) is 19.5. The maximum absolute atomic E-state index is 6.25. The Hall–Kier alpha value is -6.64. The van der Waals surface area contributed by atoms with E-state index in [1.54, 1.807) is 0 Å². The first-order valence-corrected chi connectivity index (χ1v) is 20.4. The van der Waals surface area contributed by atoms with Gasteiger partial charge in [-0.25, -0.2) is 0 Å². The SMILES string of the molecule is C1=CC2c3cc(-c4ccc(CCC(C5=CCC(c6cccc7ccccc67)C=C5)c5ccc6oc7ccccc7c6c5)cc4)ccc3N(c3ccccc3)C2C=C1. The van der Waals surface area contributed by atoms with Crippen LogP contribution in [0.2, 0.25) is 0 Å². The van der Waals surface area contributed by atoms with Crippen LogP contribution in [0.4, 0.5) is 11.4 Å². The topological polar surface area (TPSA) is 16.4 Å². The molecule has 0 bridgehead atoms. The van der Waals surface area contributed by atoms with Gasteiger partial charge >= 0.3 is 0 Å². The van der Waals surface area contributed by atoms with Crippen LogP contribution in [0.1, 0.15) is 52.8 Å². The molecule has 4 atom stereocenters. The van der Waals surface area contributed by atoms with Crippen LogP contribution in [0.15, 0.2) is 210 Å². The van der Waals surface area contributed by atoms with Gasteiger partial charge < -0.3 is 9.32 Å². The van der Waals surface area contributed by atoms with E-state index in [-0.39, 0.29) is 5.92 Å². The summed E-state index contributed by atoms with van der Waals surface area (Å²) >= 11 is 0. The third-order valence-electron chi connectivity index (χ3n) is 12.7. The number of rotatable bonds is 8. The molecular formula is C55H43NO. The molecule has 57 heavy (non-hydrogen) atoms. The second kappa shape index (κ2) is 14.1. The quantitative estimate of drug-likeness (QED) is 0.155. The van der Waals surface area contributed by atoms with Gasteiger partial charge in [-0.2, -0.15) is 0 Å². The predicted molar refractivity (Wildman–Crippen MR) is 239 cm³/mol. The van der Waals surface area contributed by atoms with Crippen LogP contribution in [0.5, 0.6) is 0 Å². The van der Waals surface area contributed by atoms with Crippen LogP contribution >= 0.6 is 0 Å². The summed E-state index contributed by atoms with van der Waals surface area (Å²) in [7, 11) is 0. The molecule has 0 saturated heterocycles. The number of hydrogen-bond acceptors (Lipinski definition) is 2. The van der Waals surface area contributed by atoms with Gasteiger partial charge in [0.25, 0.3) is 0 Å². The van der Waals surface area contributed by atoms with E-state index in [2.05, 4.69) is 205 Å². The monoisotopic (exact) mass is 733 g/mol. The summed E-state index contributed by atoms with van der Waals surface area (Å²) < 4.78 is 6.25. The van der Waals surface area contributed by atoms with Crippen LogP contribution in [0, 0.1) is 0 Å². The average Bonchev–Trinajstić information content (AvgIpc) is 3.82. The van der Waals surface area contributed by atoms with Gasteiger partial charge in [0.2, 0.25) is 0 Å². The summed E-state index contributed by atoms with van der Waals surface area (Å²) in [5.74, 6) is 0.971. The van der Waals surface area contributed by atoms with Gasteiger partial charge in [-0.15, -0.1) is 0 Å². The molecule has 0 amide bonds. The lowest BCUT2D eigenvalue weighted by molar-refractivity contribution is 0.667. The minimum absolute atomic E-state index is 0.266. The maximum atomic E-state index is 6.25. The summed E-state index contributed by atoms with van der Waals surface area (Å²) in [5, 5.41) is 5.03. The molecule has 2 heterocycles. The number of hydrogen-bond donors (Lipinski definition) is 0. The van der Waals surface area contributed by atoms with E-state index >= 15 is 0 Å². The van der Waals surface area contributed by atoms with Crippen LogP contribution in [-0.4, -0.2) is 6.04 Å². The van der Waals surface area contributed by atoms with E-state index in [0.717, 1.165) is 30.4 Å². The Morgan fingerprint density at radius 2 is 1.37 bits per heavy atom. The Labute approximate surface area is 334 Å². The second-order valence-electron chi connectivity index (χ2n) is 15.9. The molecule has 4 unspecified atom stereocenters. The number of anilines is 2. The molecule has 0 fully saturated rings. The summed E-state index contributed by atoms with van der Waals surface area (Å²) in [5.41, 5.74) is 13.9. The minimum Gasteiger partial charge on any atom is -0.456 e. The lowest BCUT2D eigenvalue weighted by Crippen LogP contribution is -2.28. The molecule has 1 aromatic heterocycles. The molecule has 0 N–H and O–H groups in total. The minimum atomic E-state index is 0.266. The number of aryl methyl sites for hydroxylation is 1. The van der Waals surface area contributed by atoms with Crippen molar-refractivity contribution in [1.29, 1.82) is 0 Å². The molecule has 8 aromatic rings. The van der Waals surface area contributed by atoms with Gasteiger partial charge in [-0.05, 0) is 111 Å². The molecular weight excluding hydrogens is 691 g/mol. The van der Waals surface area contributed by atoms with Gasteiger partial charge in [0.05, 0.1) is 6.04 Å². The lowest BCUT2D eigenvalue weighted by Gasteiger charge is -2.28. The standard InChI is InChI=1S/C55H43NO/c1-2-13-44(14-3-1)56-52-19-8-6-16-48(52)50-35-42(30-33-53(50)56)38-24-21-37(22-25-38)23-32-45(43-31-34-55-51(36-43)49-17-7-9-20-54(49)57-55)40-26-28-41(29-27-40)47-18-10-12-39-11-4-5-15-46(39)47/h1-22,24-28,30-31,33-36,41,45,48,52H,23,29,32H2. The smallest absolute Gasteiger partial charge is 0.135 e. The molecule has 11 rings (SSSR count). The molecule has 274 valence electrons. The van der Waals surface area contributed by atoms with Crippen LogP contribution in [-0.2, 0) is 6.42 Å². The summed E-state index contributed by atoms with van der Waals surface area (Å²) in [6, 6.07) is 58.2. The molecule has 7 aromatic carbocycles. The van der Waals surface area contributed by atoms with Crippen molar-refractivity contribution in [2.75, 3.05) is 4.90 Å². The van der Waals surface area contributed by atoms with Crippen molar-refractivity contribution in [2.45, 2.75) is 43.1 Å². The zero-order valence-corrected chi connectivity index (χ0v) is 31.8. The molecule has 0 saturated carbocycles. The molecule has 2 nitrogen and oxygen atoms in total. The van der Waals surface area contributed by atoms with Gasteiger partial charge in [0.15, 0.2) is 0 Å². The van der Waals surface area contributed by atoms with Crippen LogP contribution in [0.25, 0.3) is 43.8 Å². The highest BCUT2D eigenvalue weighted by molar-refractivity contribution is 6.05. The number of benzene rings is 7. The van der Waals surface area contributed by atoms with E-state index < -0.39 is 0 Å². The number of fused-ring (bicyclic) bond motifs is 7. The van der Waals surface area contributed by atoms with Crippen molar-refractivity contribution >= 4 is 44.1 Å². The van der Waals surface area contributed by atoms with E-state index in [1.165, 1.54) is 71.9 Å². The number of para-hydroxylation sites is 2. The first-order valence-electron chi connectivity index (χ1n) is 20.4. The van der Waals surface area contributed by atoms with Gasteiger partial charge in [-0.1, -0.05) is 158 Å². The van der Waals surface area contributed by atoms with Crippen molar-refractivity contribution in [3.05, 3.63) is 228 Å². The van der Waals surface area contributed by atoms with E-state index in [4.69, 9.17) is 4.42 Å². The Morgan fingerprint density at radius 1 is 0.596 bits per heavy atom. The van der Waals surface area contributed by atoms with Gasteiger partial charge in [0.1, 0.15) is 11.2 Å². The van der Waals surface area contributed by atoms with Crippen molar-refractivity contribution in [1.82, 2.24) is 0 Å². The Balaban J connectivity index is 0.877. The van der Waals surface area contributed by atoms with E-state index in [9.17, 15) is 0 Å². The number of furan rings is 1. The molecule has 0 radical (unpaired) electrons. The highest BCUT2D eigenvalue weighted by Crippen LogP contribution is 2.49. The zero-order chi connectivity index (χ0) is 37.7. The predicted octanol–water partition coefficient (Wildman–Crippen LogP) is 14.5. The fourth-order valence-electron chi connectivity index (χ4n) is 9.77. The summed E-state index contributed by atoms with van der Waals surface area (Å²) in [6.45, 7) is 0. The zero-order valence-electron chi connectivity index (χ0n) is 31.8.